The average Bonchev–Trinajstić information content (AvgIpc) is 3.74. The third-order valence-corrected chi connectivity index (χ3v) is 27.2. The van der Waals surface area contributed by atoms with E-state index in [4.69, 9.17) is 9.47 Å². The summed E-state index contributed by atoms with van der Waals surface area (Å²) in [6, 6.07) is 0. The molecule has 10 fully saturated rings. The molecule has 0 radical (unpaired) electrons. The molecule has 2 heterocycles. The molecular formula is C60H91NO4. The molecule has 1 N–H and O–H groups in total. The van der Waals surface area contributed by atoms with E-state index < -0.39 is 10.8 Å². The normalized spacial score (nSPS) is 57.1. The molecule has 4 bridgehead atoms. The topological polar surface area (TPSA) is 64.6 Å². The minimum absolute atomic E-state index is 0.150. The maximum absolute atomic E-state index is 15.2. The van der Waals surface area contributed by atoms with Crippen molar-refractivity contribution < 1.29 is 19.1 Å². The second-order valence-corrected chi connectivity index (χ2v) is 30.6. The Balaban J connectivity index is 0.893. The SMILES string of the molecule is CC1(C)CC[C@]23CC[C@]4(C)[C@H](CC[C@@H]5[C@@]6(C)C=C(NC7=C[C@]8(C)[C@H]9CC[C@@H]%10[C@@H]%11[C@H]%12OC[C@@]%11(CCC%12(C)C)CC[C@@]%10(C)[C@]9(C)CC[C@H]8C(C)(C)C7=O)C(=O)C(C)(C)[C@@H]6CC[C@]54C)[C@H]2[C@H]1OC3. The number of allylic oxidation sites excluding steroid dienone is 4. The Bertz CT molecular complexity index is 2030. The van der Waals surface area contributed by atoms with Crippen molar-refractivity contribution in [2.45, 2.75) is 212 Å². The van der Waals surface area contributed by atoms with Gasteiger partial charge in [-0.2, -0.15) is 0 Å². The fraction of sp³-hybridized carbons (Fsp3) is 0.900. The van der Waals surface area contributed by atoms with Gasteiger partial charge in [-0.05, 0) is 204 Å². The van der Waals surface area contributed by atoms with E-state index in [1.54, 1.807) is 0 Å². The third-order valence-electron chi connectivity index (χ3n) is 27.2. The monoisotopic (exact) mass is 890 g/mol. The molecule has 18 atom stereocenters. The van der Waals surface area contributed by atoms with Crippen LogP contribution in [0.3, 0.4) is 0 Å². The van der Waals surface area contributed by atoms with Crippen molar-refractivity contribution in [1.82, 2.24) is 5.32 Å². The molecule has 5 nitrogen and oxygen atoms in total. The van der Waals surface area contributed by atoms with Crippen molar-refractivity contribution in [1.29, 1.82) is 0 Å². The molecule has 2 aliphatic heterocycles. The van der Waals surface area contributed by atoms with Crippen LogP contribution in [0.15, 0.2) is 23.5 Å². The van der Waals surface area contributed by atoms with Crippen LogP contribution in [0.4, 0.5) is 0 Å². The molecule has 0 amide bonds. The summed E-state index contributed by atoms with van der Waals surface area (Å²) < 4.78 is 13.8. The smallest absolute Gasteiger partial charge is 0.184 e. The van der Waals surface area contributed by atoms with Gasteiger partial charge in [0.2, 0.25) is 0 Å². The summed E-state index contributed by atoms with van der Waals surface area (Å²) in [6.45, 7) is 36.9. The van der Waals surface area contributed by atoms with E-state index in [-0.39, 0.29) is 66.7 Å². The van der Waals surface area contributed by atoms with Crippen LogP contribution < -0.4 is 5.32 Å². The van der Waals surface area contributed by atoms with Gasteiger partial charge >= 0.3 is 0 Å². The number of carbonyl (C=O) groups is 2. The molecule has 360 valence electrons. The van der Waals surface area contributed by atoms with E-state index in [1.165, 1.54) is 89.9 Å². The molecule has 8 saturated carbocycles. The number of fused-ring (bicyclic) bond motifs is 10. The van der Waals surface area contributed by atoms with Gasteiger partial charge in [-0.3, -0.25) is 9.59 Å². The predicted octanol–water partition coefficient (Wildman–Crippen LogP) is 13.7. The number of carbonyl (C=O) groups excluding carboxylic acids is 2. The van der Waals surface area contributed by atoms with Crippen LogP contribution >= 0.6 is 0 Å². The highest BCUT2D eigenvalue weighted by molar-refractivity contribution is 6.05. The zero-order chi connectivity index (χ0) is 46.3. The molecule has 0 aromatic rings. The molecule has 65 heavy (non-hydrogen) atoms. The fourth-order valence-corrected chi connectivity index (χ4v) is 23.3. The van der Waals surface area contributed by atoms with Crippen molar-refractivity contribution in [3.63, 3.8) is 0 Å². The summed E-state index contributed by atoms with van der Waals surface area (Å²) >= 11 is 0. The van der Waals surface area contributed by atoms with Gasteiger partial charge in [0.25, 0.3) is 0 Å². The first-order valence-electron chi connectivity index (χ1n) is 27.7. The summed E-state index contributed by atoms with van der Waals surface area (Å²) in [6.07, 6.45) is 25.7. The van der Waals surface area contributed by atoms with Crippen LogP contribution in [0.25, 0.3) is 0 Å². The Morgan fingerprint density at radius 3 is 1.18 bits per heavy atom. The van der Waals surface area contributed by atoms with Crippen LogP contribution in [0.1, 0.15) is 200 Å². The van der Waals surface area contributed by atoms with Crippen LogP contribution in [0.5, 0.6) is 0 Å². The van der Waals surface area contributed by atoms with Gasteiger partial charge in [-0.15, -0.1) is 0 Å². The van der Waals surface area contributed by atoms with Crippen molar-refractivity contribution in [2.75, 3.05) is 13.2 Å². The summed E-state index contributed by atoms with van der Waals surface area (Å²) in [5, 5.41) is 3.85. The van der Waals surface area contributed by atoms with Gasteiger partial charge in [-0.1, -0.05) is 109 Å². The standard InChI is InChI=1S/C60H91NO4/c1-49(2)23-27-59-29-25-55(11)35(43(59)47(49)64-33-59)15-17-41-53(9)31-37(45(62)51(5,6)39(53)19-21-57(41,55)13)61-38-32-54(10)40(52(7,8)46(38)63)20-22-58(14)42(54)18-16-36-44-48-50(3,4)24-28-60(44,34-65-48)30-26-56(36,58)12/h31-32,35-36,39-44,47-48,61H,15-30,33-34H2,1-14H3/t35-,36-,39+,40+,41-,42-,43-,44+,47-,48-,53+,54+,55-,56-,57-,58-,59-,60-/m1/s1. The molecule has 12 aliphatic rings. The highest BCUT2D eigenvalue weighted by atomic mass is 16.5. The Morgan fingerprint density at radius 1 is 0.431 bits per heavy atom. The van der Waals surface area contributed by atoms with Gasteiger partial charge in [-0.25, -0.2) is 0 Å². The molecular weight excluding hydrogens is 799 g/mol. The lowest BCUT2D eigenvalue weighted by Gasteiger charge is -2.72. The second-order valence-electron chi connectivity index (χ2n) is 30.6. The van der Waals surface area contributed by atoms with E-state index in [0.29, 0.717) is 69.9 Å². The second kappa shape index (κ2) is 12.9. The molecule has 0 aromatic heterocycles. The van der Waals surface area contributed by atoms with Gasteiger partial charge in [0.1, 0.15) is 0 Å². The zero-order valence-corrected chi connectivity index (χ0v) is 43.8. The lowest BCUT2D eigenvalue weighted by atomic mass is 9.32. The average molecular weight is 890 g/mol. The van der Waals surface area contributed by atoms with Crippen molar-refractivity contribution in [3.05, 3.63) is 23.5 Å². The molecule has 0 aromatic carbocycles. The number of hydrogen-bond donors (Lipinski definition) is 1. The number of rotatable bonds is 2. The minimum Gasteiger partial charge on any atom is -0.377 e. The summed E-state index contributed by atoms with van der Waals surface area (Å²) in [7, 11) is 0. The van der Waals surface area contributed by atoms with Crippen molar-refractivity contribution in [2.24, 2.45) is 112 Å². The van der Waals surface area contributed by atoms with Crippen molar-refractivity contribution in [3.8, 4) is 0 Å². The summed E-state index contributed by atoms with van der Waals surface area (Å²) in [5.74, 6) is 4.67. The van der Waals surface area contributed by atoms with Gasteiger partial charge < -0.3 is 14.8 Å². The van der Waals surface area contributed by atoms with E-state index >= 15 is 9.59 Å². The number of Topliss-reactive ketones (excluding diaryl/α,β-unsaturated/α-hetero) is 2. The Kier molecular flexibility index (Phi) is 8.87. The molecule has 0 unspecified atom stereocenters. The van der Waals surface area contributed by atoms with E-state index in [9.17, 15) is 0 Å². The van der Waals surface area contributed by atoms with Crippen LogP contribution in [-0.2, 0) is 19.1 Å². The van der Waals surface area contributed by atoms with Crippen LogP contribution in [-0.4, -0.2) is 37.0 Å². The third kappa shape index (κ3) is 5.07. The maximum atomic E-state index is 15.2. The van der Waals surface area contributed by atoms with Crippen LogP contribution in [0.2, 0.25) is 0 Å². The van der Waals surface area contributed by atoms with E-state index in [2.05, 4.69) is 114 Å². The molecule has 10 aliphatic carbocycles. The molecule has 5 heteroatoms. The van der Waals surface area contributed by atoms with Gasteiger partial charge in [0.05, 0.1) is 36.8 Å². The number of hydrogen-bond acceptors (Lipinski definition) is 5. The number of ether oxygens (including phenoxy) is 2. The quantitative estimate of drug-likeness (QED) is 0.299. The summed E-state index contributed by atoms with van der Waals surface area (Å²) in [4.78, 5) is 30.4. The van der Waals surface area contributed by atoms with E-state index in [1.807, 2.05) is 0 Å². The zero-order valence-electron chi connectivity index (χ0n) is 43.8. The largest absolute Gasteiger partial charge is 0.377 e. The van der Waals surface area contributed by atoms with Crippen LogP contribution in [0, 0.1) is 112 Å². The highest BCUT2D eigenvalue weighted by Gasteiger charge is 2.75. The first-order chi connectivity index (χ1) is 30.1. The Morgan fingerprint density at radius 2 is 0.800 bits per heavy atom. The van der Waals surface area contributed by atoms with Gasteiger partial charge in [0, 0.05) is 10.8 Å². The molecule has 2 saturated heterocycles. The Hall–Kier alpha value is -1.46. The fourth-order valence-electron chi connectivity index (χ4n) is 23.3. The Labute approximate surface area is 395 Å². The number of nitrogens with one attached hydrogen (secondary N) is 1. The molecule has 12 rings (SSSR count). The molecule has 0 spiro atoms. The van der Waals surface area contributed by atoms with Crippen molar-refractivity contribution >= 4 is 11.6 Å². The minimum atomic E-state index is -0.520. The van der Waals surface area contributed by atoms with E-state index in [0.717, 1.165) is 26.1 Å². The first-order valence-corrected chi connectivity index (χ1v) is 27.7. The lowest BCUT2D eigenvalue weighted by Crippen LogP contribution is -2.67. The lowest BCUT2D eigenvalue weighted by molar-refractivity contribution is -0.227. The summed E-state index contributed by atoms with van der Waals surface area (Å²) in [5.41, 5.74) is 2.15. The maximum Gasteiger partial charge on any atom is 0.184 e. The first kappa shape index (κ1) is 44.7. The predicted molar refractivity (Wildman–Crippen MR) is 259 cm³/mol. The van der Waals surface area contributed by atoms with Gasteiger partial charge in [0.15, 0.2) is 11.6 Å². The number of ketones is 2. The highest BCUT2D eigenvalue weighted by Crippen LogP contribution is 2.80.